The zero-order chi connectivity index (χ0) is 17.6. The molecule has 5 atom stereocenters. The third-order valence-electron chi connectivity index (χ3n) is 6.56. The molecule has 3 fully saturated rings. The van der Waals surface area contributed by atoms with E-state index in [0.717, 1.165) is 46.2 Å². The fourth-order valence-electron chi connectivity index (χ4n) is 5.03. The first-order valence-corrected chi connectivity index (χ1v) is 9.13. The van der Waals surface area contributed by atoms with Crippen molar-refractivity contribution in [3.05, 3.63) is 48.7 Å². The Bertz CT molecular complexity index is 806. The lowest BCUT2D eigenvalue weighted by Gasteiger charge is -2.56. The van der Waals surface area contributed by atoms with Crippen molar-refractivity contribution in [3.8, 4) is 5.75 Å². The lowest BCUT2D eigenvalue weighted by Crippen LogP contribution is -2.66. The number of hydrogen-bond acceptors (Lipinski definition) is 3. The van der Waals surface area contributed by atoms with E-state index in [1.165, 1.54) is 6.42 Å². The van der Waals surface area contributed by atoms with Gasteiger partial charge in [0.1, 0.15) is 17.9 Å². The number of rotatable bonds is 4. The van der Waals surface area contributed by atoms with Crippen molar-refractivity contribution >= 4 is 10.9 Å². The van der Waals surface area contributed by atoms with Crippen LogP contribution in [-0.4, -0.2) is 47.9 Å². The highest BCUT2D eigenvalue weighted by atomic mass is 16.5. The third kappa shape index (κ3) is 2.64. The van der Waals surface area contributed by atoms with Gasteiger partial charge in [0.25, 0.3) is 0 Å². The minimum atomic E-state index is -0.490. The van der Waals surface area contributed by atoms with Gasteiger partial charge in [0.15, 0.2) is 0 Å². The molecule has 0 radical (unpaired) electrons. The van der Waals surface area contributed by atoms with Crippen LogP contribution in [0.25, 0.3) is 10.9 Å². The van der Waals surface area contributed by atoms with E-state index in [2.05, 4.69) is 24.7 Å². The van der Waals surface area contributed by atoms with Gasteiger partial charge in [-0.05, 0) is 35.7 Å². The van der Waals surface area contributed by atoms with Crippen molar-refractivity contribution in [3.63, 3.8) is 0 Å². The van der Waals surface area contributed by atoms with Crippen molar-refractivity contribution in [1.29, 1.82) is 0 Å². The summed E-state index contributed by atoms with van der Waals surface area (Å²) in [6.45, 7) is 6.26. The van der Waals surface area contributed by atoms with Crippen LogP contribution < -0.4 is 4.74 Å². The van der Waals surface area contributed by atoms with Crippen LogP contribution in [0.1, 0.15) is 24.5 Å². The number of hydrogen-bond donors (Lipinski definition) is 1. The quantitative estimate of drug-likeness (QED) is 0.686. The second-order valence-electron chi connectivity index (χ2n) is 7.87. The average molecular weight is 339 g/mol. The number of benzene rings is 1. The Kier molecular flexibility index (Phi) is 4.05. The van der Waals surface area contributed by atoms with Gasteiger partial charge in [0.2, 0.25) is 0 Å². The zero-order valence-electron chi connectivity index (χ0n) is 15.1. The lowest BCUT2D eigenvalue weighted by molar-refractivity contribution is -0.956. The number of pyridine rings is 1. The third-order valence-corrected chi connectivity index (χ3v) is 6.56. The largest absolute Gasteiger partial charge is 0.497 e. The fourth-order valence-corrected chi connectivity index (χ4v) is 5.03. The number of fused-ring (bicyclic) bond motifs is 4. The Balaban J connectivity index is 1.73. The predicted octanol–water partition coefficient (Wildman–Crippen LogP) is 3.32. The molecule has 25 heavy (non-hydrogen) atoms. The highest BCUT2D eigenvalue weighted by Gasteiger charge is 2.51. The molecule has 0 spiro atoms. The summed E-state index contributed by atoms with van der Waals surface area (Å²) >= 11 is 0. The van der Waals surface area contributed by atoms with E-state index in [4.69, 9.17) is 4.74 Å². The first-order valence-electron chi connectivity index (χ1n) is 9.13. The monoisotopic (exact) mass is 339 g/mol. The molecule has 0 aliphatic carbocycles. The summed E-state index contributed by atoms with van der Waals surface area (Å²) in [5.41, 5.74) is 1.87. The number of methoxy groups -OCH3 is 1. The fraction of sp³-hybridized carbons (Fsp3) is 0.476. The number of aliphatic hydroxyl groups is 1. The smallest absolute Gasteiger partial charge is 0.131 e. The molecule has 2 bridgehead atoms. The van der Waals surface area contributed by atoms with Crippen molar-refractivity contribution in [1.82, 2.24) is 4.98 Å². The molecular weight excluding hydrogens is 312 g/mol. The zero-order valence-corrected chi connectivity index (χ0v) is 15.1. The molecule has 3 aliphatic rings. The number of aromatic nitrogens is 1. The predicted molar refractivity (Wildman–Crippen MR) is 99.4 cm³/mol. The SMILES string of the molecule is C=C[C@H]1C[N+]2(C)CC[C@H]1C[C@H]2[C@H](O)c1ccnc2ccc(OC)cc12. The first-order chi connectivity index (χ1) is 12.1. The van der Waals surface area contributed by atoms with Gasteiger partial charge in [-0.3, -0.25) is 4.98 Å². The Morgan fingerprint density at radius 2 is 2.24 bits per heavy atom. The number of quaternary nitrogens is 1. The summed E-state index contributed by atoms with van der Waals surface area (Å²) in [5.74, 6) is 2.03. The molecule has 1 aromatic heterocycles. The van der Waals surface area contributed by atoms with E-state index < -0.39 is 6.10 Å². The van der Waals surface area contributed by atoms with Crippen molar-refractivity contribution in [2.45, 2.75) is 25.0 Å². The maximum Gasteiger partial charge on any atom is 0.131 e. The molecule has 4 heterocycles. The number of aliphatic hydroxyl groups excluding tert-OH is 1. The Hall–Kier alpha value is -1.91. The van der Waals surface area contributed by atoms with Crippen LogP contribution in [0.4, 0.5) is 0 Å². The normalized spacial score (nSPS) is 32.5. The number of piperidine rings is 3. The second-order valence-corrected chi connectivity index (χ2v) is 7.87. The first kappa shape index (κ1) is 16.6. The highest BCUT2D eigenvalue weighted by Crippen LogP contribution is 2.45. The van der Waals surface area contributed by atoms with Gasteiger partial charge < -0.3 is 14.3 Å². The summed E-state index contributed by atoms with van der Waals surface area (Å²) in [7, 11) is 3.96. The summed E-state index contributed by atoms with van der Waals surface area (Å²) in [6, 6.07) is 8.06. The molecule has 0 amide bonds. The van der Waals surface area contributed by atoms with Gasteiger partial charge in [-0.25, -0.2) is 0 Å². The van der Waals surface area contributed by atoms with Gasteiger partial charge in [-0.1, -0.05) is 6.08 Å². The minimum Gasteiger partial charge on any atom is -0.497 e. The van der Waals surface area contributed by atoms with Gasteiger partial charge >= 0.3 is 0 Å². The van der Waals surface area contributed by atoms with Crippen molar-refractivity contribution < 1.29 is 14.3 Å². The maximum absolute atomic E-state index is 11.3. The summed E-state index contributed by atoms with van der Waals surface area (Å²) in [5, 5.41) is 12.3. The van der Waals surface area contributed by atoms with Crippen LogP contribution in [0.3, 0.4) is 0 Å². The average Bonchev–Trinajstić information content (AvgIpc) is 2.66. The second kappa shape index (κ2) is 6.11. The van der Waals surface area contributed by atoms with E-state index >= 15 is 0 Å². The van der Waals surface area contributed by atoms with E-state index in [9.17, 15) is 5.11 Å². The molecule has 1 unspecified atom stereocenters. The van der Waals surface area contributed by atoms with E-state index in [1.54, 1.807) is 13.3 Å². The van der Waals surface area contributed by atoms with E-state index in [1.807, 2.05) is 24.3 Å². The molecule has 4 heteroatoms. The standard InChI is InChI=1S/C21H27N2O2/c1-4-14-13-23(2)10-8-15(14)11-20(23)21(24)17-7-9-22-19-6-5-16(25-3)12-18(17)19/h4-7,9,12,14-15,20-21,24H,1,8,10-11,13H2,2-3H3/q+1/t14-,15-,20-,21+,23?/m0/s1. The van der Waals surface area contributed by atoms with Crippen LogP contribution in [0.15, 0.2) is 43.1 Å². The van der Waals surface area contributed by atoms with Crippen LogP contribution >= 0.6 is 0 Å². The van der Waals surface area contributed by atoms with Crippen LogP contribution in [-0.2, 0) is 0 Å². The Morgan fingerprint density at radius 1 is 1.40 bits per heavy atom. The minimum absolute atomic E-state index is 0.228. The lowest BCUT2D eigenvalue weighted by atomic mass is 9.72. The summed E-state index contributed by atoms with van der Waals surface area (Å²) in [6.07, 6.45) is 5.73. The molecule has 3 saturated heterocycles. The molecule has 132 valence electrons. The molecule has 1 N–H and O–H groups in total. The topological polar surface area (TPSA) is 42.4 Å². The Morgan fingerprint density at radius 3 is 2.96 bits per heavy atom. The summed E-state index contributed by atoms with van der Waals surface area (Å²) in [4.78, 5) is 4.45. The number of nitrogens with zero attached hydrogens (tertiary/aromatic N) is 2. The molecule has 1 aromatic carbocycles. The molecule has 5 rings (SSSR count). The molecule has 2 aromatic rings. The van der Waals surface area contributed by atoms with Gasteiger partial charge in [-0.15, -0.1) is 6.58 Å². The van der Waals surface area contributed by atoms with Crippen molar-refractivity contribution in [2.24, 2.45) is 11.8 Å². The van der Waals surface area contributed by atoms with Crippen LogP contribution in [0.2, 0.25) is 0 Å². The highest BCUT2D eigenvalue weighted by molar-refractivity contribution is 5.83. The van der Waals surface area contributed by atoms with Crippen molar-refractivity contribution in [2.75, 3.05) is 27.2 Å². The number of likely N-dealkylation sites (N-methyl/N-ethyl adjacent to an activating group) is 1. The summed E-state index contributed by atoms with van der Waals surface area (Å²) < 4.78 is 6.31. The van der Waals surface area contributed by atoms with E-state index in [-0.39, 0.29) is 6.04 Å². The van der Waals surface area contributed by atoms with E-state index in [0.29, 0.717) is 11.8 Å². The molecule has 0 saturated carbocycles. The number of ether oxygens (including phenoxy) is 1. The Labute approximate surface area is 149 Å². The van der Waals surface area contributed by atoms with Crippen LogP contribution in [0, 0.1) is 11.8 Å². The molecule has 3 aliphatic heterocycles. The molecular formula is C21H27N2O2+. The van der Waals surface area contributed by atoms with Gasteiger partial charge in [0.05, 0.1) is 32.8 Å². The van der Waals surface area contributed by atoms with Gasteiger partial charge in [0, 0.05) is 30.3 Å². The van der Waals surface area contributed by atoms with Gasteiger partial charge in [-0.2, -0.15) is 0 Å². The molecule has 4 nitrogen and oxygen atoms in total. The van der Waals surface area contributed by atoms with Crippen LogP contribution in [0.5, 0.6) is 5.75 Å². The maximum atomic E-state index is 11.3.